The van der Waals surface area contributed by atoms with Crippen molar-refractivity contribution in [1.29, 1.82) is 0 Å². The van der Waals surface area contributed by atoms with Crippen LogP contribution in [0.1, 0.15) is 25.0 Å². The van der Waals surface area contributed by atoms with Gasteiger partial charge >= 0.3 is 5.97 Å². The van der Waals surface area contributed by atoms with Crippen LogP contribution in [-0.2, 0) is 30.0 Å². The highest BCUT2D eigenvalue weighted by molar-refractivity contribution is 5.82. The lowest BCUT2D eigenvalue weighted by molar-refractivity contribution is -0.148. The van der Waals surface area contributed by atoms with E-state index in [-0.39, 0.29) is 12.6 Å². The van der Waals surface area contributed by atoms with Crippen LogP contribution in [0.3, 0.4) is 0 Å². The Morgan fingerprint density at radius 3 is 2.50 bits per heavy atom. The van der Waals surface area contributed by atoms with Crippen LogP contribution >= 0.6 is 0 Å². The summed E-state index contributed by atoms with van der Waals surface area (Å²) >= 11 is 0. The van der Waals surface area contributed by atoms with Crippen LogP contribution in [0.2, 0.25) is 0 Å². The third kappa shape index (κ3) is 2.90. The molecule has 1 aromatic carbocycles. The fourth-order valence-electron chi connectivity index (χ4n) is 2.39. The Morgan fingerprint density at radius 2 is 2.05 bits per heavy atom. The second-order valence-corrected chi connectivity index (χ2v) is 5.93. The van der Waals surface area contributed by atoms with Gasteiger partial charge in [0.15, 0.2) is 0 Å². The van der Waals surface area contributed by atoms with Gasteiger partial charge in [0, 0.05) is 0 Å². The van der Waals surface area contributed by atoms with Gasteiger partial charge in [-0.3, -0.25) is 9.59 Å². The molecule has 1 fully saturated rings. The molecule has 118 valence electrons. The number of amides is 1. The standard InChI is InChI=1S/C17H21NO4/c1-4-9-22-15(20)16(2,3)13-5-7-14(8-6-13)17(18-12-19)10-21-11-17/h4-8,12H,1,9-11H2,2-3H3,(H,18,19). The predicted octanol–water partition coefficient (Wildman–Crippen LogP) is 1.66. The molecule has 1 aliphatic heterocycles. The van der Waals surface area contributed by atoms with E-state index in [0.29, 0.717) is 19.6 Å². The van der Waals surface area contributed by atoms with Crippen molar-refractivity contribution in [3.8, 4) is 0 Å². The van der Waals surface area contributed by atoms with Crippen molar-refractivity contribution in [2.75, 3.05) is 19.8 Å². The Bertz CT molecular complexity index is 559. The topological polar surface area (TPSA) is 64.6 Å². The predicted molar refractivity (Wildman–Crippen MR) is 82.3 cm³/mol. The van der Waals surface area contributed by atoms with Crippen molar-refractivity contribution in [3.05, 3.63) is 48.0 Å². The molecule has 1 aromatic rings. The zero-order chi connectivity index (χ0) is 16.2. The smallest absolute Gasteiger partial charge is 0.316 e. The lowest BCUT2D eigenvalue weighted by Gasteiger charge is -2.41. The van der Waals surface area contributed by atoms with E-state index < -0.39 is 11.0 Å². The fraction of sp³-hybridized carbons (Fsp3) is 0.412. The molecule has 1 heterocycles. The molecule has 0 bridgehead atoms. The molecule has 0 radical (unpaired) electrons. The molecule has 0 aromatic heterocycles. The number of hydrogen-bond donors (Lipinski definition) is 1. The van der Waals surface area contributed by atoms with Crippen LogP contribution in [-0.4, -0.2) is 32.2 Å². The quantitative estimate of drug-likeness (QED) is 0.473. The number of benzene rings is 1. The molecule has 0 unspecified atom stereocenters. The second-order valence-electron chi connectivity index (χ2n) is 5.93. The molecule has 1 aliphatic rings. The normalized spacial score (nSPS) is 16.3. The SMILES string of the molecule is C=CCOC(=O)C(C)(C)c1ccc(C2(NC=O)COC2)cc1. The van der Waals surface area contributed by atoms with Gasteiger partial charge in [0.25, 0.3) is 0 Å². The van der Waals surface area contributed by atoms with Gasteiger partial charge in [0.1, 0.15) is 12.1 Å². The number of esters is 1. The minimum atomic E-state index is -0.747. The molecule has 5 nitrogen and oxygen atoms in total. The van der Waals surface area contributed by atoms with Gasteiger partial charge in [0.2, 0.25) is 6.41 Å². The number of hydrogen-bond acceptors (Lipinski definition) is 4. The van der Waals surface area contributed by atoms with Crippen molar-refractivity contribution in [3.63, 3.8) is 0 Å². The summed E-state index contributed by atoms with van der Waals surface area (Å²) in [6.45, 7) is 8.28. The largest absolute Gasteiger partial charge is 0.461 e. The van der Waals surface area contributed by atoms with E-state index in [0.717, 1.165) is 11.1 Å². The molecule has 0 atom stereocenters. The molecule has 1 amide bonds. The van der Waals surface area contributed by atoms with E-state index in [1.54, 1.807) is 6.08 Å². The zero-order valence-electron chi connectivity index (χ0n) is 12.9. The van der Waals surface area contributed by atoms with Crippen molar-refractivity contribution >= 4 is 12.4 Å². The summed E-state index contributed by atoms with van der Waals surface area (Å²) in [6.07, 6.45) is 2.23. The molecular formula is C17H21NO4. The number of nitrogens with one attached hydrogen (secondary N) is 1. The second kappa shape index (κ2) is 6.32. The summed E-state index contributed by atoms with van der Waals surface area (Å²) < 4.78 is 10.4. The lowest BCUT2D eigenvalue weighted by atomic mass is 9.81. The average molecular weight is 303 g/mol. The van der Waals surface area contributed by atoms with E-state index in [9.17, 15) is 9.59 Å². The Labute approximate surface area is 130 Å². The van der Waals surface area contributed by atoms with E-state index >= 15 is 0 Å². The number of carbonyl (C=O) groups is 2. The van der Waals surface area contributed by atoms with Gasteiger partial charge in [-0.05, 0) is 25.0 Å². The first-order chi connectivity index (χ1) is 10.5. The third-order valence-electron chi connectivity index (χ3n) is 4.03. The Balaban J connectivity index is 2.19. The Hall–Kier alpha value is -2.14. The van der Waals surface area contributed by atoms with Crippen LogP contribution in [0.15, 0.2) is 36.9 Å². The summed E-state index contributed by atoms with van der Waals surface area (Å²) in [7, 11) is 0. The number of ether oxygens (including phenoxy) is 2. The summed E-state index contributed by atoms with van der Waals surface area (Å²) in [6, 6.07) is 7.60. The molecule has 22 heavy (non-hydrogen) atoms. The van der Waals surface area contributed by atoms with Gasteiger partial charge in [-0.25, -0.2) is 0 Å². The van der Waals surface area contributed by atoms with Gasteiger partial charge < -0.3 is 14.8 Å². The molecule has 0 spiro atoms. The Kier molecular flexibility index (Phi) is 4.66. The van der Waals surface area contributed by atoms with Crippen molar-refractivity contribution < 1.29 is 19.1 Å². The first kappa shape index (κ1) is 16.2. The maximum absolute atomic E-state index is 12.1. The minimum Gasteiger partial charge on any atom is -0.461 e. The van der Waals surface area contributed by atoms with Crippen LogP contribution in [0.25, 0.3) is 0 Å². The molecule has 1 saturated heterocycles. The summed E-state index contributed by atoms with van der Waals surface area (Å²) in [5.74, 6) is -0.298. The third-order valence-corrected chi connectivity index (χ3v) is 4.03. The fourth-order valence-corrected chi connectivity index (χ4v) is 2.39. The average Bonchev–Trinajstić information content (AvgIpc) is 2.48. The molecule has 5 heteroatoms. The molecule has 0 aliphatic carbocycles. The monoisotopic (exact) mass is 303 g/mol. The van der Waals surface area contributed by atoms with Crippen LogP contribution in [0.5, 0.6) is 0 Å². The highest BCUT2D eigenvalue weighted by Crippen LogP contribution is 2.32. The first-order valence-corrected chi connectivity index (χ1v) is 7.14. The van der Waals surface area contributed by atoms with Gasteiger partial charge in [0.05, 0.1) is 18.6 Å². The van der Waals surface area contributed by atoms with Gasteiger partial charge in [-0.1, -0.05) is 36.9 Å². The maximum atomic E-state index is 12.1. The van der Waals surface area contributed by atoms with Crippen molar-refractivity contribution in [2.45, 2.75) is 24.8 Å². The summed E-state index contributed by atoms with van der Waals surface area (Å²) in [5.41, 5.74) is 0.619. The van der Waals surface area contributed by atoms with Crippen molar-refractivity contribution in [2.24, 2.45) is 0 Å². The summed E-state index contributed by atoms with van der Waals surface area (Å²) in [4.78, 5) is 22.9. The van der Waals surface area contributed by atoms with E-state index in [2.05, 4.69) is 11.9 Å². The first-order valence-electron chi connectivity index (χ1n) is 7.14. The highest BCUT2D eigenvalue weighted by atomic mass is 16.5. The molecule has 1 N–H and O–H groups in total. The van der Waals surface area contributed by atoms with E-state index in [1.165, 1.54) is 0 Å². The van der Waals surface area contributed by atoms with E-state index in [4.69, 9.17) is 9.47 Å². The Morgan fingerprint density at radius 1 is 1.41 bits per heavy atom. The molecule has 2 rings (SSSR count). The molecule has 0 saturated carbocycles. The molecular weight excluding hydrogens is 282 g/mol. The minimum absolute atomic E-state index is 0.198. The summed E-state index contributed by atoms with van der Waals surface area (Å²) in [5, 5.41) is 2.81. The van der Waals surface area contributed by atoms with Gasteiger partial charge in [-0.15, -0.1) is 0 Å². The van der Waals surface area contributed by atoms with Crippen LogP contribution < -0.4 is 5.32 Å². The highest BCUT2D eigenvalue weighted by Gasteiger charge is 2.40. The maximum Gasteiger partial charge on any atom is 0.316 e. The van der Waals surface area contributed by atoms with Crippen LogP contribution in [0, 0.1) is 0 Å². The lowest BCUT2D eigenvalue weighted by Crippen LogP contribution is -2.57. The van der Waals surface area contributed by atoms with E-state index in [1.807, 2.05) is 38.1 Å². The zero-order valence-corrected chi connectivity index (χ0v) is 12.9. The van der Waals surface area contributed by atoms with Crippen LogP contribution in [0.4, 0.5) is 0 Å². The number of carbonyl (C=O) groups excluding carboxylic acids is 2. The number of rotatable bonds is 7. The van der Waals surface area contributed by atoms with Gasteiger partial charge in [-0.2, -0.15) is 0 Å². The van der Waals surface area contributed by atoms with Crippen molar-refractivity contribution in [1.82, 2.24) is 5.32 Å².